The second-order valence-electron chi connectivity index (χ2n) is 4.80. The summed E-state index contributed by atoms with van der Waals surface area (Å²) in [4.78, 5) is 10.2. The average Bonchev–Trinajstić information content (AvgIpc) is 2.36. The molecule has 1 atom stereocenters. The molecule has 0 aliphatic carbocycles. The minimum atomic E-state index is -0.459. The SMILES string of the molecule is CCCCC(CCC)Nc1ccc([N+](=O)[O-])c(N)c1. The first-order chi connectivity index (χ1) is 9.08. The van der Waals surface area contributed by atoms with Crippen LogP contribution in [0.15, 0.2) is 18.2 Å². The highest BCUT2D eigenvalue weighted by molar-refractivity contribution is 5.66. The number of anilines is 2. The van der Waals surface area contributed by atoms with Crippen molar-refractivity contribution in [3.63, 3.8) is 0 Å². The quantitative estimate of drug-likeness (QED) is 0.423. The monoisotopic (exact) mass is 265 g/mol. The summed E-state index contributed by atoms with van der Waals surface area (Å²) in [5, 5.41) is 14.1. The molecule has 1 aromatic rings. The maximum atomic E-state index is 10.7. The Hall–Kier alpha value is -1.78. The molecule has 0 aliphatic heterocycles. The van der Waals surface area contributed by atoms with Crippen molar-refractivity contribution in [2.45, 2.75) is 52.0 Å². The third kappa shape index (κ3) is 4.77. The second-order valence-corrected chi connectivity index (χ2v) is 4.80. The molecule has 5 nitrogen and oxygen atoms in total. The maximum absolute atomic E-state index is 10.7. The van der Waals surface area contributed by atoms with E-state index in [4.69, 9.17) is 5.73 Å². The Morgan fingerprint density at radius 2 is 2.05 bits per heavy atom. The van der Waals surface area contributed by atoms with Crippen molar-refractivity contribution in [1.82, 2.24) is 0 Å². The predicted octanol–water partition coefficient (Wildman–Crippen LogP) is 3.95. The van der Waals surface area contributed by atoms with Crippen molar-refractivity contribution in [1.29, 1.82) is 0 Å². The topological polar surface area (TPSA) is 81.2 Å². The van der Waals surface area contributed by atoms with Gasteiger partial charge in [0.2, 0.25) is 0 Å². The number of rotatable bonds is 8. The Labute approximate surface area is 114 Å². The van der Waals surface area contributed by atoms with E-state index in [1.807, 2.05) is 0 Å². The smallest absolute Gasteiger partial charge is 0.292 e. The number of nitrogens with two attached hydrogens (primary N) is 1. The lowest BCUT2D eigenvalue weighted by Crippen LogP contribution is -2.19. The van der Waals surface area contributed by atoms with E-state index >= 15 is 0 Å². The van der Waals surface area contributed by atoms with Crippen LogP contribution in [0.25, 0.3) is 0 Å². The third-order valence-electron chi connectivity index (χ3n) is 3.14. The van der Waals surface area contributed by atoms with E-state index < -0.39 is 4.92 Å². The van der Waals surface area contributed by atoms with Gasteiger partial charge < -0.3 is 11.1 Å². The molecule has 1 rings (SSSR count). The second kappa shape index (κ2) is 7.61. The molecular formula is C14H23N3O2. The Balaban J connectivity index is 2.73. The Morgan fingerprint density at radius 3 is 2.58 bits per heavy atom. The maximum Gasteiger partial charge on any atom is 0.292 e. The van der Waals surface area contributed by atoms with E-state index in [0.29, 0.717) is 6.04 Å². The van der Waals surface area contributed by atoms with E-state index in [1.165, 1.54) is 18.9 Å². The molecule has 0 fully saturated rings. The van der Waals surface area contributed by atoms with Crippen LogP contribution in [0.3, 0.4) is 0 Å². The van der Waals surface area contributed by atoms with Gasteiger partial charge in [-0.1, -0.05) is 33.1 Å². The molecule has 3 N–H and O–H groups in total. The zero-order valence-electron chi connectivity index (χ0n) is 11.7. The lowest BCUT2D eigenvalue weighted by Gasteiger charge is -2.19. The van der Waals surface area contributed by atoms with E-state index in [9.17, 15) is 10.1 Å². The summed E-state index contributed by atoms with van der Waals surface area (Å²) in [6.45, 7) is 4.33. The number of nitrogen functional groups attached to an aromatic ring is 1. The molecule has 0 aliphatic rings. The molecule has 0 saturated heterocycles. The number of unbranched alkanes of at least 4 members (excludes halogenated alkanes) is 1. The van der Waals surface area contributed by atoms with Gasteiger partial charge in [-0.15, -0.1) is 0 Å². The minimum Gasteiger partial charge on any atom is -0.393 e. The van der Waals surface area contributed by atoms with Crippen LogP contribution in [0, 0.1) is 10.1 Å². The van der Waals surface area contributed by atoms with Gasteiger partial charge in [0, 0.05) is 17.8 Å². The number of nitro groups is 1. The fourth-order valence-electron chi connectivity index (χ4n) is 2.13. The van der Waals surface area contributed by atoms with E-state index in [1.54, 1.807) is 12.1 Å². The van der Waals surface area contributed by atoms with Gasteiger partial charge in [-0.3, -0.25) is 10.1 Å². The molecule has 5 heteroatoms. The highest BCUT2D eigenvalue weighted by atomic mass is 16.6. The van der Waals surface area contributed by atoms with Crippen molar-refractivity contribution in [2.75, 3.05) is 11.1 Å². The number of hydrogen-bond acceptors (Lipinski definition) is 4. The first-order valence-electron chi connectivity index (χ1n) is 6.88. The Morgan fingerprint density at radius 1 is 1.32 bits per heavy atom. The largest absolute Gasteiger partial charge is 0.393 e. The molecule has 1 unspecified atom stereocenters. The van der Waals surface area contributed by atoms with Gasteiger partial charge in [-0.25, -0.2) is 0 Å². The Kier molecular flexibility index (Phi) is 6.12. The fourth-order valence-corrected chi connectivity index (χ4v) is 2.13. The summed E-state index contributed by atoms with van der Waals surface area (Å²) >= 11 is 0. The van der Waals surface area contributed by atoms with Crippen LogP contribution in [0.2, 0.25) is 0 Å². The highest BCUT2D eigenvalue weighted by Crippen LogP contribution is 2.26. The van der Waals surface area contributed by atoms with E-state index in [-0.39, 0.29) is 11.4 Å². The van der Waals surface area contributed by atoms with Crippen LogP contribution in [-0.2, 0) is 0 Å². The summed E-state index contributed by atoms with van der Waals surface area (Å²) in [7, 11) is 0. The van der Waals surface area contributed by atoms with Crippen LogP contribution in [-0.4, -0.2) is 11.0 Å². The average molecular weight is 265 g/mol. The lowest BCUT2D eigenvalue weighted by molar-refractivity contribution is -0.383. The molecule has 0 aromatic heterocycles. The molecule has 0 radical (unpaired) electrons. The zero-order chi connectivity index (χ0) is 14.3. The fraction of sp³-hybridized carbons (Fsp3) is 0.571. The van der Waals surface area contributed by atoms with Crippen LogP contribution in [0.1, 0.15) is 46.0 Å². The van der Waals surface area contributed by atoms with Crippen molar-refractivity contribution >= 4 is 17.1 Å². The first-order valence-corrected chi connectivity index (χ1v) is 6.88. The number of nitro benzene ring substituents is 1. The summed E-state index contributed by atoms with van der Waals surface area (Å²) in [6.07, 6.45) is 5.67. The summed E-state index contributed by atoms with van der Waals surface area (Å²) in [5.74, 6) is 0. The van der Waals surface area contributed by atoms with Gasteiger partial charge in [-0.2, -0.15) is 0 Å². The van der Waals surface area contributed by atoms with Gasteiger partial charge >= 0.3 is 0 Å². The van der Waals surface area contributed by atoms with E-state index in [2.05, 4.69) is 19.2 Å². The molecule has 0 amide bonds. The van der Waals surface area contributed by atoms with Crippen molar-refractivity contribution < 1.29 is 4.92 Å². The lowest BCUT2D eigenvalue weighted by atomic mass is 10.0. The number of hydrogen-bond donors (Lipinski definition) is 2. The number of nitrogens with one attached hydrogen (secondary N) is 1. The van der Waals surface area contributed by atoms with Gasteiger partial charge in [0.05, 0.1) is 4.92 Å². The molecule has 1 aromatic carbocycles. The van der Waals surface area contributed by atoms with Crippen molar-refractivity contribution in [2.24, 2.45) is 0 Å². The van der Waals surface area contributed by atoms with Crippen molar-refractivity contribution in [3.05, 3.63) is 28.3 Å². The van der Waals surface area contributed by atoms with Crippen LogP contribution < -0.4 is 11.1 Å². The first kappa shape index (κ1) is 15.3. The highest BCUT2D eigenvalue weighted by Gasteiger charge is 2.13. The van der Waals surface area contributed by atoms with Crippen LogP contribution in [0.5, 0.6) is 0 Å². The van der Waals surface area contributed by atoms with Gasteiger partial charge in [0.15, 0.2) is 0 Å². The standard InChI is InChI=1S/C14H23N3O2/c1-3-5-7-11(6-4-2)16-12-8-9-14(17(18)19)13(15)10-12/h8-11,16H,3-7,15H2,1-2H3. The molecule has 0 heterocycles. The molecule has 106 valence electrons. The minimum absolute atomic E-state index is 0.0360. The number of nitrogens with zero attached hydrogens (tertiary/aromatic N) is 1. The summed E-state index contributed by atoms with van der Waals surface area (Å²) in [6, 6.07) is 5.24. The summed E-state index contributed by atoms with van der Waals surface area (Å²) < 4.78 is 0. The van der Waals surface area contributed by atoms with Gasteiger partial charge in [-0.05, 0) is 25.0 Å². The predicted molar refractivity (Wildman–Crippen MR) is 79.4 cm³/mol. The third-order valence-corrected chi connectivity index (χ3v) is 3.14. The van der Waals surface area contributed by atoms with Crippen LogP contribution in [0.4, 0.5) is 17.1 Å². The molecule has 19 heavy (non-hydrogen) atoms. The number of benzene rings is 1. The molecular weight excluding hydrogens is 242 g/mol. The normalized spacial score (nSPS) is 12.1. The van der Waals surface area contributed by atoms with Gasteiger partial charge in [0.25, 0.3) is 5.69 Å². The van der Waals surface area contributed by atoms with Crippen LogP contribution >= 0.6 is 0 Å². The van der Waals surface area contributed by atoms with Crippen molar-refractivity contribution in [3.8, 4) is 0 Å². The Bertz CT molecular complexity index is 421. The molecule has 0 bridgehead atoms. The molecule has 0 saturated carbocycles. The van der Waals surface area contributed by atoms with E-state index in [0.717, 1.165) is 24.9 Å². The molecule has 0 spiro atoms. The zero-order valence-corrected chi connectivity index (χ0v) is 11.7. The summed E-state index contributed by atoms with van der Waals surface area (Å²) in [5.41, 5.74) is 6.72. The van der Waals surface area contributed by atoms with Gasteiger partial charge in [0.1, 0.15) is 5.69 Å².